The molecule has 0 spiro atoms. The van der Waals surface area contributed by atoms with Crippen molar-refractivity contribution < 1.29 is 42.1 Å². The van der Waals surface area contributed by atoms with Crippen LogP contribution >= 0.6 is 0 Å². The Kier molecular flexibility index (Phi) is 11.0. The number of morpholine rings is 1. The van der Waals surface area contributed by atoms with Gasteiger partial charge in [-0.1, -0.05) is 73.7 Å². The number of nitrogens with zero attached hydrogens (tertiary/aromatic N) is 2. The van der Waals surface area contributed by atoms with Crippen LogP contribution in [-0.2, 0) is 37.0 Å². The molecular formula is C37H42F3N3O6. The highest BCUT2D eigenvalue weighted by Gasteiger charge is 2.47. The van der Waals surface area contributed by atoms with Crippen LogP contribution in [0, 0.1) is 5.92 Å². The molecule has 0 aliphatic carbocycles. The molecule has 0 unspecified atom stereocenters. The van der Waals surface area contributed by atoms with E-state index in [1.165, 1.54) is 0 Å². The Morgan fingerprint density at radius 3 is 2.31 bits per heavy atom. The molecule has 0 saturated carbocycles. The molecular weight excluding hydrogens is 639 g/mol. The molecule has 49 heavy (non-hydrogen) atoms. The Labute approximate surface area is 283 Å². The monoisotopic (exact) mass is 681 g/mol. The molecule has 3 aromatic rings. The van der Waals surface area contributed by atoms with Gasteiger partial charge in [0.25, 0.3) is 0 Å². The molecule has 3 aliphatic rings. The number of benzene rings is 3. The Morgan fingerprint density at radius 1 is 0.898 bits per heavy atom. The van der Waals surface area contributed by atoms with Crippen molar-refractivity contribution in [2.24, 2.45) is 5.92 Å². The van der Waals surface area contributed by atoms with Crippen LogP contribution in [0.25, 0.3) is 11.1 Å². The second-order valence-corrected chi connectivity index (χ2v) is 12.9. The zero-order valence-electron chi connectivity index (χ0n) is 27.4. The topological polar surface area (TPSA) is 101 Å². The molecule has 3 heterocycles. The Morgan fingerprint density at radius 2 is 1.61 bits per heavy atom. The van der Waals surface area contributed by atoms with Gasteiger partial charge in [0.2, 0.25) is 5.91 Å². The molecule has 9 nitrogen and oxygen atoms in total. The first-order chi connectivity index (χ1) is 23.6. The molecule has 12 heteroatoms. The van der Waals surface area contributed by atoms with Crippen LogP contribution in [-0.4, -0.2) is 84.4 Å². The van der Waals surface area contributed by atoms with E-state index in [0.717, 1.165) is 53.0 Å². The Balaban J connectivity index is 1.14. The number of carbonyl (C=O) groups is 2. The van der Waals surface area contributed by atoms with E-state index in [0.29, 0.717) is 24.5 Å². The van der Waals surface area contributed by atoms with Crippen molar-refractivity contribution in [1.29, 1.82) is 0 Å². The normalized spacial score (nSPS) is 24.9. The molecule has 5 atom stereocenters. The summed E-state index contributed by atoms with van der Waals surface area (Å²) >= 11 is 0. The second-order valence-electron chi connectivity index (χ2n) is 12.9. The van der Waals surface area contributed by atoms with Crippen molar-refractivity contribution in [3.63, 3.8) is 0 Å². The minimum absolute atomic E-state index is 0.0244. The third-order valence-electron chi connectivity index (χ3n) is 9.63. The SMILES string of the molecule is C[C@H]1[C@@H](CN2CCOCC2)O[C@@H](c2ccc(-c3cccc(CNC(=O)[C@@H]4CCCN4C(=O)C(F)(F)F)c3)cc2)O[C@H]1c1ccc(CO)cc1. The van der Waals surface area contributed by atoms with Gasteiger partial charge in [0.1, 0.15) is 6.04 Å². The van der Waals surface area contributed by atoms with Gasteiger partial charge in [0, 0.05) is 44.2 Å². The van der Waals surface area contributed by atoms with E-state index in [-0.39, 0.29) is 44.2 Å². The van der Waals surface area contributed by atoms with E-state index >= 15 is 0 Å². The lowest BCUT2D eigenvalue weighted by molar-refractivity contribution is -0.277. The number of alkyl halides is 3. The van der Waals surface area contributed by atoms with Gasteiger partial charge in [0.05, 0.1) is 32.0 Å². The van der Waals surface area contributed by atoms with Crippen LogP contribution in [0.5, 0.6) is 0 Å². The molecule has 2 N–H and O–H groups in total. The summed E-state index contributed by atoms with van der Waals surface area (Å²) in [5, 5.41) is 12.2. The molecule has 3 aliphatic heterocycles. The van der Waals surface area contributed by atoms with Crippen molar-refractivity contribution in [3.8, 4) is 11.1 Å². The van der Waals surface area contributed by atoms with Gasteiger partial charge in [0.15, 0.2) is 6.29 Å². The van der Waals surface area contributed by atoms with E-state index in [9.17, 15) is 27.9 Å². The summed E-state index contributed by atoms with van der Waals surface area (Å²) in [6, 6.07) is 22.2. The maximum absolute atomic E-state index is 13.0. The number of hydrogen-bond donors (Lipinski definition) is 2. The summed E-state index contributed by atoms with van der Waals surface area (Å²) in [6.07, 6.45) is -5.38. The summed E-state index contributed by atoms with van der Waals surface area (Å²) in [5.41, 5.74) is 5.34. The number of ether oxygens (including phenoxy) is 3. The summed E-state index contributed by atoms with van der Waals surface area (Å²) in [5.74, 6) is -2.50. The first-order valence-electron chi connectivity index (χ1n) is 16.8. The highest BCUT2D eigenvalue weighted by Crippen LogP contribution is 2.42. The van der Waals surface area contributed by atoms with Crippen LogP contribution in [0.1, 0.15) is 54.4 Å². The van der Waals surface area contributed by atoms with Crippen molar-refractivity contribution in [2.75, 3.05) is 39.4 Å². The van der Waals surface area contributed by atoms with E-state index < -0.39 is 30.3 Å². The summed E-state index contributed by atoms with van der Waals surface area (Å²) in [6.45, 7) is 6.00. The number of halogens is 3. The maximum Gasteiger partial charge on any atom is 0.471 e. The summed E-state index contributed by atoms with van der Waals surface area (Å²) in [4.78, 5) is 27.6. The molecule has 3 aromatic carbocycles. The van der Waals surface area contributed by atoms with Gasteiger partial charge in [-0.2, -0.15) is 13.2 Å². The van der Waals surface area contributed by atoms with Crippen LogP contribution in [0.4, 0.5) is 13.2 Å². The first kappa shape index (κ1) is 35.0. The highest BCUT2D eigenvalue weighted by molar-refractivity contribution is 5.90. The number of nitrogens with one attached hydrogen (secondary N) is 1. The Bertz CT molecular complexity index is 1580. The van der Waals surface area contributed by atoms with E-state index in [1.54, 1.807) is 0 Å². The number of rotatable bonds is 9. The zero-order valence-corrected chi connectivity index (χ0v) is 27.4. The van der Waals surface area contributed by atoms with Crippen LogP contribution in [0.15, 0.2) is 72.8 Å². The maximum atomic E-state index is 13.0. The average molecular weight is 682 g/mol. The van der Waals surface area contributed by atoms with Crippen LogP contribution in [0.2, 0.25) is 0 Å². The molecule has 0 aromatic heterocycles. The second kappa shape index (κ2) is 15.4. The number of amides is 2. The Hall–Kier alpha value is -3.81. The lowest BCUT2D eigenvalue weighted by atomic mass is 9.90. The molecule has 0 bridgehead atoms. The predicted octanol–water partition coefficient (Wildman–Crippen LogP) is 5.14. The van der Waals surface area contributed by atoms with Gasteiger partial charge in [-0.05, 0) is 46.7 Å². The zero-order chi connectivity index (χ0) is 34.5. The highest BCUT2D eigenvalue weighted by atomic mass is 19.4. The van der Waals surface area contributed by atoms with Crippen molar-refractivity contribution >= 4 is 11.8 Å². The quantitative estimate of drug-likeness (QED) is 0.323. The molecule has 3 fully saturated rings. The lowest BCUT2D eigenvalue weighted by Gasteiger charge is -2.43. The largest absolute Gasteiger partial charge is 0.471 e. The molecule has 2 amide bonds. The van der Waals surface area contributed by atoms with Crippen LogP contribution < -0.4 is 5.32 Å². The van der Waals surface area contributed by atoms with Crippen molar-refractivity contribution in [1.82, 2.24) is 15.1 Å². The van der Waals surface area contributed by atoms with E-state index in [2.05, 4.69) is 17.1 Å². The number of carbonyl (C=O) groups excluding carboxylic acids is 2. The molecule has 3 saturated heterocycles. The van der Waals surface area contributed by atoms with E-state index in [1.807, 2.05) is 72.8 Å². The number of hydrogen-bond acceptors (Lipinski definition) is 7. The fourth-order valence-electron chi connectivity index (χ4n) is 6.81. The van der Waals surface area contributed by atoms with Gasteiger partial charge < -0.3 is 29.5 Å². The standard InChI is InChI=1S/C37H42F3N3O6/c1-24-32(22-42-16-18-47-19-17-42)48-35(49-33(24)28-9-7-25(23-44)8-10-28)29-13-11-27(12-14-29)30-5-2-4-26(20-30)21-41-34(45)31-6-3-15-43(31)36(46)37(38,39)40/h2,4-5,7-14,20,24,31-33,35,44H,3,6,15-19,21-23H2,1H3,(H,41,45)/t24-,31-,32+,33+,35+/m0/s1. The summed E-state index contributed by atoms with van der Waals surface area (Å²) in [7, 11) is 0. The minimum Gasteiger partial charge on any atom is -0.392 e. The lowest BCUT2D eigenvalue weighted by Crippen LogP contribution is -2.50. The van der Waals surface area contributed by atoms with Gasteiger partial charge >= 0.3 is 12.1 Å². The van der Waals surface area contributed by atoms with E-state index in [4.69, 9.17) is 14.2 Å². The fourth-order valence-corrected chi connectivity index (χ4v) is 6.81. The predicted molar refractivity (Wildman–Crippen MR) is 175 cm³/mol. The van der Waals surface area contributed by atoms with Crippen LogP contribution in [0.3, 0.4) is 0 Å². The van der Waals surface area contributed by atoms with Gasteiger partial charge in [-0.15, -0.1) is 0 Å². The van der Waals surface area contributed by atoms with Crippen molar-refractivity contribution in [2.45, 2.75) is 63.6 Å². The first-order valence-corrected chi connectivity index (χ1v) is 16.8. The third-order valence-corrected chi connectivity index (χ3v) is 9.63. The minimum atomic E-state index is -5.01. The third kappa shape index (κ3) is 8.33. The summed E-state index contributed by atoms with van der Waals surface area (Å²) < 4.78 is 57.8. The average Bonchev–Trinajstić information content (AvgIpc) is 3.62. The van der Waals surface area contributed by atoms with Gasteiger partial charge in [-0.25, -0.2) is 0 Å². The number of likely N-dealkylation sites (tertiary alicyclic amines) is 1. The number of aliphatic hydroxyl groups excluding tert-OH is 1. The smallest absolute Gasteiger partial charge is 0.392 e. The molecule has 0 radical (unpaired) electrons. The number of aliphatic hydroxyl groups is 1. The van der Waals surface area contributed by atoms with Gasteiger partial charge in [-0.3, -0.25) is 14.5 Å². The molecule has 6 rings (SSSR count). The fraction of sp³-hybridized carbons (Fsp3) is 0.459. The molecule has 262 valence electrons. The van der Waals surface area contributed by atoms with Crippen molar-refractivity contribution in [3.05, 3.63) is 95.1 Å².